The number of pyridine rings is 2. The molecule has 3 N–H and O–H groups in total. The average molecular weight is 752 g/mol. The number of H-pyrrole nitrogens is 1. The Bertz CT molecular complexity index is 1950. The molecule has 1 aliphatic heterocycles. The van der Waals surface area contributed by atoms with E-state index in [4.69, 9.17) is 16.3 Å². The van der Waals surface area contributed by atoms with Gasteiger partial charge in [-0.3, -0.25) is 4.79 Å². The molecule has 1 aliphatic carbocycles. The Labute approximate surface area is 296 Å². The van der Waals surface area contributed by atoms with Crippen LogP contribution in [0, 0.1) is 11.3 Å². The van der Waals surface area contributed by atoms with Crippen LogP contribution in [0.1, 0.15) is 68.6 Å². The third-order valence-electron chi connectivity index (χ3n) is 9.13. The first kappa shape index (κ1) is 36.4. The summed E-state index contributed by atoms with van der Waals surface area (Å²) in [5.41, 5.74) is -1.82. The number of amides is 1. The monoisotopic (exact) mass is 751 g/mol. The van der Waals surface area contributed by atoms with E-state index in [9.17, 15) is 26.4 Å². The number of nitrogens with one attached hydrogen (secondary N) is 3. The van der Waals surface area contributed by atoms with Crippen LogP contribution in [0.4, 0.5) is 19.0 Å². The van der Waals surface area contributed by atoms with Gasteiger partial charge < -0.3 is 15.0 Å². The maximum Gasteiger partial charge on any atom is 0.394 e. The van der Waals surface area contributed by atoms with Crippen molar-refractivity contribution in [1.29, 1.82) is 0 Å². The molecule has 2 fully saturated rings. The van der Waals surface area contributed by atoms with E-state index in [1.165, 1.54) is 41.2 Å². The van der Waals surface area contributed by atoms with Crippen LogP contribution in [0.25, 0.3) is 5.82 Å². The van der Waals surface area contributed by atoms with E-state index in [-0.39, 0.29) is 65.4 Å². The summed E-state index contributed by atoms with van der Waals surface area (Å²) in [6.45, 7) is 5.90. The van der Waals surface area contributed by atoms with Crippen molar-refractivity contribution in [2.75, 3.05) is 24.6 Å². The summed E-state index contributed by atoms with van der Waals surface area (Å²) in [7, 11) is -4.46. The molecular formula is C31H37ClF3N11O4S. The van der Waals surface area contributed by atoms with Gasteiger partial charge in [-0.2, -0.15) is 26.8 Å². The highest BCUT2D eigenvalue weighted by Gasteiger charge is 2.62. The highest BCUT2D eigenvalue weighted by molar-refractivity contribution is 7.90. The fraction of sp³-hybridized carbons (Fsp3) is 0.516. The van der Waals surface area contributed by atoms with Crippen molar-refractivity contribution in [3.8, 4) is 11.7 Å². The van der Waals surface area contributed by atoms with Gasteiger partial charge in [0, 0.05) is 24.3 Å². The summed E-state index contributed by atoms with van der Waals surface area (Å²) in [5, 5.41) is 21.1. The molecule has 0 radical (unpaired) electrons. The standard InChI is InChI=1S/C31H37ClF3N11O4S/c1-29(2)17-20(18-36-29)5-4-14-45(19-22-39-43-44-40-22)23-6-3-7-26(37-23)51(48,49)42-28(47)21-8-9-24(38-27(21)32)46-15-10-25(41-46)50-16-13-30(11-12-30)31(33,34)35/h3,6-10,15,20,36H,4-5,11-14,16-19H2,1-2H3,(H,42,47)(H,39,40,43,44)/t20-/m0/s1. The zero-order valence-corrected chi connectivity index (χ0v) is 29.4. The van der Waals surface area contributed by atoms with E-state index in [1.807, 2.05) is 9.62 Å². The molecule has 15 nitrogen and oxygen atoms in total. The molecule has 274 valence electrons. The van der Waals surface area contributed by atoms with E-state index in [1.54, 1.807) is 6.07 Å². The van der Waals surface area contributed by atoms with Crippen molar-refractivity contribution in [1.82, 2.24) is 50.4 Å². The predicted octanol–water partition coefficient (Wildman–Crippen LogP) is 4.23. The molecule has 4 aromatic heterocycles. The molecule has 5 heterocycles. The SMILES string of the molecule is CC1(C)C[C@H](CCCN(Cc2nn[nH]n2)c2cccc(S(=O)(=O)NC(=O)c3ccc(-n4ccc(OCCC5(C(F)(F)F)CC5)n4)nc3Cl)n2)CN1. The van der Waals surface area contributed by atoms with Crippen molar-refractivity contribution < 1.29 is 31.1 Å². The Morgan fingerprint density at radius 1 is 1.18 bits per heavy atom. The molecule has 0 bridgehead atoms. The minimum absolute atomic E-state index is 0.0829. The Morgan fingerprint density at radius 2 is 1.98 bits per heavy atom. The second kappa shape index (κ2) is 14.3. The largest absolute Gasteiger partial charge is 0.477 e. The van der Waals surface area contributed by atoms with Crippen LogP contribution in [0.15, 0.2) is 47.6 Å². The number of nitrogens with zero attached hydrogens (tertiary/aromatic N) is 8. The molecule has 4 aromatic rings. The van der Waals surface area contributed by atoms with Crippen molar-refractivity contribution in [3.05, 3.63) is 59.1 Å². The van der Waals surface area contributed by atoms with E-state index >= 15 is 0 Å². The molecule has 51 heavy (non-hydrogen) atoms. The average Bonchev–Trinajstić information content (AvgIpc) is 3.35. The topological polar surface area (TPSA) is 186 Å². The van der Waals surface area contributed by atoms with Crippen LogP contribution < -0.4 is 19.7 Å². The van der Waals surface area contributed by atoms with Gasteiger partial charge in [-0.15, -0.1) is 15.3 Å². The highest BCUT2D eigenvalue weighted by atomic mass is 35.5. The summed E-state index contributed by atoms with van der Waals surface area (Å²) in [6.07, 6.45) is 0.0148. The van der Waals surface area contributed by atoms with E-state index in [0.29, 0.717) is 24.1 Å². The summed E-state index contributed by atoms with van der Waals surface area (Å²) in [5.74, 6) is 0.471. The van der Waals surface area contributed by atoms with Crippen LogP contribution in [-0.2, 0) is 16.6 Å². The van der Waals surface area contributed by atoms with Gasteiger partial charge in [0.2, 0.25) is 5.88 Å². The second-order valence-electron chi connectivity index (χ2n) is 13.5. The number of carbonyl (C=O) groups is 1. The second-order valence-corrected chi connectivity index (χ2v) is 15.5. The van der Waals surface area contributed by atoms with Gasteiger partial charge in [0.05, 0.1) is 24.1 Å². The molecule has 1 saturated heterocycles. The summed E-state index contributed by atoms with van der Waals surface area (Å²) in [4.78, 5) is 23.5. The molecule has 1 saturated carbocycles. The van der Waals surface area contributed by atoms with Crippen molar-refractivity contribution in [2.45, 2.75) is 75.7 Å². The maximum absolute atomic E-state index is 13.4. The van der Waals surface area contributed by atoms with Crippen molar-refractivity contribution in [2.24, 2.45) is 11.3 Å². The first-order chi connectivity index (χ1) is 24.1. The van der Waals surface area contributed by atoms with Crippen molar-refractivity contribution >= 4 is 33.3 Å². The molecular weight excluding hydrogens is 715 g/mol. The predicted molar refractivity (Wildman–Crippen MR) is 178 cm³/mol. The number of aromatic amines is 1. The lowest BCUT2D eigenvalue weighted by molar-refractivity contribution is -0.190. The number of aromatic nitrogens is 8. The first-order valence-electron chi connectivity index (χ1n) is 16.3. The van der Waals surface area contributed by atoms with Gasteiger partial charge in [0.25, 0.3) is 15.9 Å². The number of hydrogen-bond donors (Lipinski definition) is 3. The van der Waals surface area contributed by atoms with Gasteiger partial charge in [0.1, 0.15) is 11.0 Å². The molecule has 0 aromatic carbocycles. The number of sulfonamides is 1. The molecule has 20 heteroatoms. The van der Waals surface area contributed by atoms with Crippen LogP contribution in [0.2, 0.25) is 5.15 Å². The van der Waals surface area contributed by atoms with Crippen molar-refractivity contribution in [3.63, 3.8) is 0 Å². The van der Waals surface area contributed by atoms with Gasteiger partial charge in [-0.1, -0.05) is 22.9 Å². The molecule has 2 aliphatic rings. The number of ether oxygens (including phenoxy) is 1. The quantitative estimate of drug-likeness (QED) is 0.147. The Kier molecular flexibility index (Phi) is 10.2. The van der Waals surface area contributed by atoms with Crippen LogP contribution >= 0.6 is 11.6 Å². The minimum Gasteiger partial charge on any atom is -0.477 e. The van der Waals surface area contributed by atoms with Gasteiger partial charge in [-0.25, -0.2) is 19.4 Å². The van der Waals surface area contributed by atoms with Crippen LogP contribution in [0.3, 0.4) is 0 Å². The Balaban J connectivity index is 1.09. The van der Waals surface area contributed by atoms with E-state index in [0.717, 1.165) is 25.8 Å². The fourth-order valence-corrected chi connectivity index (χ4v) is 7.29. The zero-order chi connectivity index (χ0) is 36.4. The van der Waals surface area contributed by atoms with Gasteiger partial charge in [-0.05, 0) is 89.1 Å². The lowest BCUT2D eigenvalue weighted by Crippen LogP contribution is -2.32. The maximum atomic E-state index is 13.4. The van der Waals surface area contributed by atoms with E-state index < -0.39 is 27.5 Å². The summed E-state index contributed by atoms with van der Waals surface area (Å²) < 4.78 is 74.9. The summed E-state index contributed by atoms with van der Waals surface area (Å²) >= 11 is 6.29. The smallest absolute Gasteiger partial charge is 0.394 e. The molecule has 1 amide bonds. The number of halogens is 4. The fourth-order valence-electron chi connectivity index (χ4n) is 6.13. The number of rotatable bonds is 15. The third-order valence-corrected chi connectivity index (χ3v) is 10.6. The number of hydrogen-bond acceptors (Lipinski definition) is 12. The van der Waals surface area contributed by atoms with E-state index in [2.05, 4.69) is 54.9 Å². The number of carbonyl (C=O) groups excluding carboxylic acids is 1. The lowest BCUT2D eigenvalue weighted by Gasteiger charge is -2.23. The molecule has 0 unspecified atom stereocenters. The highest BCUT2D eigenvalue weighted by Crippen LogP contribution is 2.59. The first-order valence-corrected chi connectivity index (χ1v) is 18.2. The van der Waals surface area contributed by atoms with Gasteiger partial charge in [0.15, 0.2) is 16.7 Å². The van der Waals surface area contributed by atoms with Gasteiger partial charge >= 0.3 is 6.18 Å². The zero-order valence-electron chi connectivity index (χ0n) is 27.8. The van der Waals surface area contributed by atoms with Crippen LogP contribution in [0.5, 0.6) is 5.88 Å². The molecule has 1 atom stereocenters. The Morgan fingerprint density at radius 3 is 2.65 bits per heavy atom. The summed E-state index contributed by atoms with van der Waals surface area (Å²) in [6, 6.07) is 8.57. The number of alkyl halides is 3. The lowest BCUT2D eigenvalue weighted by atomic mass is 9.93. The van der Waals surface area contributed by atoms with Crippen LogP contribution in [-0.4, -0.2) is 86.1 Å². The number of anilines is 1. The number of tetrazole rings is 1. The minimum atomic E-state index is -4.46. The normalized spacial score (nSPS) is 18.0. The molecule has 6 rings (SSSR count). The third kappa shape index (κ3) is 8.75. The molecule has 0 spiro atoms. The Hall–Kier alpha value is -4.36.